The fourth-order valence-electron chi connectivity index (χ4n) is 1.96. The summed E-state index contributed by atoms with van der Waals surface area (Å²) in [5.74, 6) is -1.47. The second kappa shape index (κ2) is 5.55. The number of anilines is 2. The molecule has 0 saturated heterocycles. The molecule has 0 atom stereocenters. The van der Waals surface area contributed by atoms with Crippen molar-refractivity contribution in [2.24, 2.45) is 0 Å². The highest BCUT2D eigenvalue weighted by molar-refractivity contribution is 6.42. The molecule has 0 amide bonds. The number of halogens is 4. The average molecular weight is 342 g/mol. The monoisotopic (exact) mass is 341 g/mol. The molecule has 0 bridgehead atoms. The van der Waals surface area contributed by atoms with Crippen LogP contribution in [0.1, 0.15) is 0 Å². The van der Waals surface area contributed by atoms with Gasteiger partial charge in [0, 0.05) is 11.8 Å². The van der Waals surface area contributed by atoms with E-state index in [9.17, 15) is 13.6 Å². The summed E-state index contributed by atoms with van der Waals surface area (Å²) in [7, 11) is 0. The second-order valence-electron chi connectivity index (χ2n) is 4.48. The number of hydrogen-bond donors (Lipinski definition) is 2. The molecule has 4 nitrogen and oxygen atoms in total. The maximum Gasteiger partial charge on any atom is 0.260 e. The number of hydrogen-bond acceptors (Lipinski definition) is 3. The zero-order valence-electron chi connectivity index (χ0n) is 10.8. The van der Waals surface area contributed by atoms with Crippen LogP contribution in [0.5, 0.6) is 0 Å². The summed E-state index contributed by atoms with van der Waals surface area (Å²) in [6.07, 6.45) is 0. The topological polar surface area (TPSA) is 57.8 Å². The van der Waals surface area contributed by atoms with Crippen LogP contribution in [0, 0.1) is 11.6 Å². The van der Waals surface area contributed by atoms with Crippen LogP contribution >= 0.6 is 23.2 Å². The Bertz CT molecular complexity index is 923. The number of aromatic amines is 1. The zero-order valence-corrected chi connectivity index (χ0v) is 12.3. The lowest BCUT2D eigenvalue weighted by atomic mass is 10.2. The van der Waals surface area contributed by atoms with Gasteiger partial charge in [0.15, 0.2) is 0 Å². The SMILES string of the molecule is O=c1[nH]c(Nc2cc(F)cc(F)c2)nc2cc(Cl)c(Cl)cc12. The van der Waals surface area contributed by atoms with E-state index in [1.807, 2.05) is 0 Å². The predicted octanol–water partition coefficient (Wildman–Crippen LogP) is 4.25. The molecule has 1 aromatic heterocycles. The van der Waals surface area contributed by atoms with E-state index in [4.69, 9.17) is 23.2 Å². The van der Waals surface area contributed by atoms with E-state index < -0.39 is 17.2 Å². The quantitative estimate of drug-likeness (QED) is 0.732. The van der Waals surface area contributed by atoms with Crippen molar-refractivity contribution in [1.82, 2.24) is 9.97 Å². The standard InChI is InChI=1S/C14H7Cl2F2N3O/c15-10-4-9-12(5-11(10)16)20-14(21-13(9)22)19-8-2-6(17)1-7(18)3-8/h1-5H,(H2,19,20,21,22). The van der Waals surface area contributed by atoms with Gasteiger partial charge in [-0.3, -0.25) is 9.78 Å². The highest BCUT2D eigenvalue weighted by Crippen LogP contribution is 2.26. The van der Waals surface area contributed by atoms with Gasteiger partial charge in [0.2, 0.25) is 5.95 Å². The Morgan fingerprint density at radius 1 is 1.00 bits per heavy atom. The summed E-state index contributed by atoms with van der Waals surface area (Å²) in [5.41, 5.74) is -0.0412. The van der Waals surface area contributed by atoms with Gasteiger partial charge in [-0.2, -0.15) is 0 Å². The van der Waals surface area contributed by atoms with Crippen molar-refractivity contribution in [3.63, 3.8) is 0 Å². The van der Waals surface area contributed by atoms with Gasteiger partial charge >= 0.3 is 0 Å². The van der Waals surface area contributed by atoms with Crippen LogP contribution in [0.15, 0.2) is 35.1 Å². The Morgan fingerprint density at radius 3 is 2.32 bits per heavy atom. The number of nitrogens with zero attached hydrogens (tertiary/aromatic N) is 1. The van der Waals surface area contributed by atoms with Crippen molar-refractivity contribution >= 4 is 45.7 Å². The molecular weight excluding hydrogens is 335 g/mol. The van der Waals surface area contributed by atoms with Crippen molar-refractivity contribution in [2.75, 3.05) is 5.32 Å². The number of nitrogens with one attached hydrogen (secondary N) is 2. The average Bonchev–Trinajstić information content (AvgIpc) is 2.40. The maximum atomic E-state index is 13.2. The van der Waals surface area contributed by atoms with Crippen molar-refractivity contribution in [3.05, 3.63) is 62.4 Å². The Morgan fingerprint density at radius 2 is 1.64 bits per heavy atom. The normalized spacial score (nSPS) is 10.9. The minimum atomic E-state index is -0.750. The summed E-state index contributed by atoms with van der Waals surface area (Å²) < 4.78 is 26.3. The minimum Gasteiger partial charge on any atom is -0.325 e. The van der Waals surface area contributed by atoms with Crippen LogP contribution in [0.2, 0.25) is 10.0 Å². The van der Waals surface area contributed by atoms with E-state index in [1.165, 1.54) is 12.1 Å². The molecule has 8 heteroatoms. The number of fused-ring (bicyclic) bond motifs is 1. The number of H-pyrrole nitrogens is 1. The molecule has 112 valence electrons. The van der Waals surface area contributed by atoms with Crippen molar-refractivity contribution in [2.45, 2.75) is 0 Å². The third-order valence-electron chi connectivity index (χ3n) is 2.87. The lowest BCUT2D eigenvalue weighted by Gasteiger charge is -2.07. The van der Waals surface area contributed by atoms with Gasteiger partial charge in [-0.15, -0.1) is 0 Å². The fraction of sp³-hybridized carbons (Fsp3) is 0. The Hall–Kier alpha value is -2.18. The van der Waals surface area contributed by atoms with Crippen LogP contribution < -0.4 is 10.9 Å². The Kier molecular flexibility index (Phi) is 3.72. The van der Waals surface area contributed by atoms with Crippen LogP contribution in [0.3, 0.4) is 0 Å². The molecule has 2 N–H and O–H groups in total. The van der Waals surface area contributed by atoms with Crippen LogP contribution in [-0.4, -0.2) is 9.97 Å². The van der Waals surface area contributed by atoms with Gasteiger partial charge in [0.25, 0.3) is 5.56 Å². The Balaban J connectivity index is 2.08. The predicted molar refractivity (Wildman–Crippen MR) is 82.0 cm³/mol. The Labute approximate surface area is 132 Å². The largest absolute Gasteiger partial charge is 0.325 e. The summed E-state index contributed by atoms with van der Waals surface area (Å²) in [4.78, 5) is 18.6. The third-order valence-corrected chi connectivity index (χ3v) is 3.59. The van der Waals surface area contributed by atoms with Gasteiger partial charge in [0.1, 0.15) is 11.6 Å². The molecule has 0 unspecified atom stereocenters. The fourth-order valence-corrected chi connectivity index (χ4v) is 2.28. The minimum absolute atomic E-state index is 0.0286. The van der Waals surface area contributed by atoms with Gasteiger partial charge in [0.05, 0.1) is 20.9 Å². The molecule has 0 aliphatic rings. The molecular formula is C14H7Cl2F2N3O. The van der Waals surface area contributed by atoms with Gasteiger partial charge in [-0.1, -0.05) is 23.2 Å². The zero-order chi connectivity index (χ0) is 15.9. The molecule has 0 saturated carbocycles. The molecule has 0 aliphatic heterocycles. The molecule has 1 heterocycles. The van der Waals surface area contributed by atoms with Crippen LogP contribution in [0.25, 0.3) is 10.9 Å². The molecule has 0 spiro atoms. The molecule has 3 aromatic rings. The van der Waals surface area contributed by atoms with E-state index in [2.05, 4.69) is 15.3 Å². The van der Waals surface area contributed by atoms with Crippen LogP contribution in [0.4, 0.5) is 20.4 Å². The van der Waals surface area contributed by atoms with E-state index >= 15 is 0 Å². The molecule has 3 rings (SSSR count). The lowest BCUT2D eigenvalue weighted by Crippen LogP contribution is -2.11. The number of benzene rings is 2. The van der Waals surface area contributed by atoms with Crippen molar-refractivity contribution < 1.29 is 8.78 Å². The molecule has 0 fully saturated rings. The van der Waals surface area contributed by atoms with Crippen molar-refractivity contribution in [3.8, 4) is 0 Å². The van der Waals surface area contributed by atoms with Crippen LogP contribution in [-0.2, 0) is 0 Å². The van der Waals surface area contributed by atoms with E-state index in [1.54, 1.807) is 0 Å². The lowest BCUT2D eigenvalue weighted by molar-refractivity contribution is 0.584. The molecule has 22 heavy (non-hydrogen) atoms. The first kappa shape index (κ1) is 14.7. The van der Waals surface area contributed by atoms with E-state index in [0.29, 0.717) is 5.52 Å². The van der Waals surface area contributed by atoms with Gasteiger partial charge in [-0.25, -0.2) is 13.8 Å². The number of aromatic nitrogens is 2. The molecule has 0 aliphatic carbocycles. The number of rotatable bonds is 2. The highest BCUT2D eigenvalue weighted by atomic mass is 35.5. The first-order chi connectivity index (χ1) is 10.4. The van der Waals surface area contributed by atoms with E-state index in [-0.39, 0.29) is 27.1 Å². The summed E-state index contributed by atoms with van der Waals surface area (Å²) in [6, 6.07) is 5.72. The third kappa shape index (κ3) is 2.88. The van der Waals surface area contributed by atoms with Gasteiger partial charge in [-0.05, 0) is 24.3 Å². The first-order valence-corrected chi connectivity index (χ1v) is 6.80. The smallest absolute Gasteiger partial charge is 0.260 e. The summed E-state index contributed by atoms with van der Waals surface area (Å²) >= 11 is 11.7. The molecule has 2 aromatic carbocycles. The van der Waals surface area contributed by atoms with Gasteiger partial charge < -0.3 is 5.32 Å². The van der Waals surface area contributed by atoms with Crippen molar-refractivity contribution in [1.29, 1.82) is 0 Å². The highest BCUT2D eigenvalue weighted by Gasteiger charge is 2.09. The second-order valence-corrected chi connectivity index (χ2v) is 5.30. The summed E-state index contributed by atoms with van der Waals surface area (Å²) in [6.45, 7) is 0. The molecule has 0 radical (unpaired) electrons. The summed E-state index contributed by atoms with van der Waals surface area (Å²) in [5, 5.41) is 3.36. The van der Waals surface area contributed by atoms with E-state index in [0.717, 1.165) is 18.2 Å². The first-order valence-electron chi connectivity index (χ1n) is 6.04. The maximum absolute atomic E-state index is 13.2.